The first-order valence-corrected chi connectivity index (χ1v) is 9.30. The van der Waals surface area contributed by atoms with Gasteiger partial charge in [-0.05, 0) is 61.7 Å². The van der Waals surface area contributed by atoms with Crippen molar-refractivity contribution in [1.29, 1.82) is 0 Å². The second-order valence-electron chi connectivity index (χ2n) is 6.21. The van der Waals surface area contributed by atoms with Crippen LogP contribution in [0.2, 0.25) is 0 Å². The Labute approximate surface area is 153 Å². The molecule has 0 heterocycles. The van der Waals surface area contributed by atoms with E-state index in [1.807, 2.05) is 57.2 Å². The van der Waals surface area contributed by atoms with Gasteiger partial charge in [-0.1, -0.05) is 18.2 Å². The Kier molecular flexibility index (Phi) is 6.65. The van der Waals surface area contributed by atoms with Crippen molar-refractivity contribution < 1.29 is 9.59 Å². The molecule has 2 amide bonds. The van der Waals surface area contributed by atoms with Crippen LogP contribution >= 0.6 is 11.8 Å². The van der Waals surface area contributed by atoms with Crippen LogP contribution < -0.4 is 10.2 Å². The predicted octanol–water partition coefficient (Wildman–Crippen LogP) is 3.95. The van der Waals surface area contributed by atoms with Gasteiger partial charge in [-0.3, -0.25) is 9.59 Å². The molecule has 0 spiro atoms. The molecular weight excluding hydrogens is 332 g/mol. The maximum atomic E-state index is 12.3. The van der Waals surface area contributed by atoms with E-state index in [2.05, 4.69) is 11.4 Å². The van der Waals surface area contributed by atoms with Gasteiger partial charge in [0.05, 0.1) is 11.5 Å². The molecule has 0 atom stereocenters. The van der Waals surface area contributed by atoms with Crippen molar-refractivity contribution in [3.8, 4) is 0 Å². The Hall–Kier alpha value is -2.27. The van der Waals surface area contributed by atoms with Crippen LogP contribution in [0.1, 0.15) is 16.7 Å². The van der Waals surface area contributed by atoms with E-state index in [1.165, 1.54) is 11.8 Å². The minimum Gasteiger partial charge on any atom is -0.325 e. The van der Waals surface area contributed by atoms with E-state index in [4.69, 9.17) is 0 Å². The highest BCUT2D eigenvalue weighted by Crippen LogP contribution is 2.18. The zero-order chi connectivity index (χ0) is 18.4. The molecule has 0 aliphatic heterocycles. The van der Waals surface area contributed by atoms with E-state index in [0.29, 0.717) is 0 Å². The fourth-order valence-corrected chi connectivity index (χ4v) is 3.26. The summed E-state index contributed by atoms with van der Waals surface area (Å²) in [6.45, 7) is 6.00. The number of aryl methyl sites for hydroxylation is 3. The van der Waals surface area contributed by atoms with Crippen molar-refractivity contribution in [3.05, 3.63) is 59.2 Å². The molecule has 25 heavy (non-hydrogen) atoms. The number of rotatable bonds is 6. The molecule has 1 N–H and O–H groups in total. The van der Waals surface area contributed by atoms with Crippen LogP contribution in [0, 0.1) is 20.8 Å². The van der Waals surface area contributed by atoms with E-state index >= 15 is 0 Å². The first-order valence-electron chi connectivity index (χ1n) is 8.14. The first kappa shape index (κ1) is 19.1. The predicted molar refractivity (Wildman–Crippen MR) is 106 cm³/mol. The molecule has 0 saturated carbocycles. The molecule has 0 radical (unpaired) electrons. The van der Waals surface area contributed by atoms with Gasteiger partial charge >= 0.3 is 0 Å². The summed E-state index contributed by atoms with van der Waals surface area (Å²) in [7, 11) is 1.77. The van der Waals surface area contributed by atoms with Crippen LogP contribution in [0.25, 0.3) is 0 Å². The zero-order valence-electron chi connectivity index (χ0n) is 15.1. The van der Waals surface area contributed by atoms with Crippen LogP contribution in [0.4, 0.5) is 11.4 Å². The maximum Gasteiger partial charge on any atom is 0.236 e. The minimum atomic E-state index is -0.0996. The van der Waals surface area contributed by atoms with Gasteiger partial charge in [0.2, 0.25) is 11.8 Å². The van der Waals surface area contributed by atoms with Crippen molar-refractivity contribution in [1.82, 2.24) is 0 Å². The number of carbonyl (C=O) groups is 2. The monoisotopic (exact) mass is 356 g/mol. The van der Waals surface area contributed by atoms with E-state index in [1.54, 1.807) is 11.9 Å². The second kappa shape index (κ2) is 8.72. The third kappa shape index (κ3) is 5.94. The number of benzene rings is 2. The summed E-state index contributed by atoms with van der Waals surface area (Å²) in [5, 5.41) is 2.85. The summed E-state index contributed by atoms with van der Waals surface area (Å²) in [5.41, 5.74) is 5.01. The van der Waals surface area contributed by atoms with Crippen LogP contribution in [0.3, 0.4) is 0 Å². The summed E-state index contributed by atoms with van der Waals surface area (Å²) < 4.78 is 0. The Morgan fingerprint density at radius 3 is 2.28 bits per heavy atom. The number of hydrogen-bond acceptors (Lipinski definition) is 3. The lowest BCUT2D eigenvalue weighted by atomic mass is 10.1. The average Bonchev–Trinajstić information content (AvgIpc) is 2.53. The summed E-state index contributed by atoms with van der Waals surface area (Å²) in [6.07, 6.45) is 0. The first-order chi connectivity index (χ1) is 11.8. The molecule has 2 aromatic rings. The zero-order valence-corrected chi connectivity index (χ0v) is 15.9. The number of hydrogen-bond donors (Lipinski definition) is 1. The Balaban J connectivity index is 1.82. The van der Waals surface area contributed by atoms with Crippen LogP contribution in [-0.4, -0.2) is 30.4 Å². The summed E-state index contributed by atoms with van der Waals surface area (Å²) >= 11 is 1.32. The van der Waals surface area contributed by atoms with Crippen molar-refractivity contribution in [2.75, 3.05) is 28.8 Å². The maximum absolute atomic E-state index is 12.3. The highest BCUT2D eigenvalue weighted by molar-refractivity contribution is 8.00. The lowest BCUT2D eigenvalue weighted by Crippen LogP contribution is -2.28. The Bertz CT molecular complexity index is 754. The van der Waals surface area contributed by atoms with E-state index < -0.39 is 0 Å². The summed E-state index contributed by atoms with van der Waals surface area (Å²) in [5.74, 6) is 0.404. The molecule has 0 bridgehead atoms. The molecule has 0 unspecified atom stereocenters. The number of thioether (sulfide) groups is 1. The van der Waals surface area contributed by atoms with Crippen molar-refractivity contribution >= 4 is 35.0 Å². The number of nitrogens with zero attached hydrogens (tertiary/aromatic N) is 1. The topological polar surface area (TPSA) is 49.4 Å². The average molecular weight is 356 g/mol. The smallest absolute Gasteiger partial charge is 0.236 e. The Morgan fingerprint density at radius 2 is 1.64 bits per heavy atom. The molecule has 2 aromatic carbocycles. The molecule has 5 heteroatoms. The van der Waals surface area contributed by atoms with E-state index in [9.17, 15) is 9.59 Å². The minimum absolute atomic E-state index is 0.0154. The lowest BCUT2D eigenvalue weighted by Gasteiger charge is -2.18. The van der Waals surface area contributed by atoms with Gasteiger partial charge in [0.1, 0.15) is 0 Å². The molecule has 0 aliphatic carbocycles. The third-order valence-corrected chi connectivity index (χ3v) is 4.65. The number of amides is 2. The highest BCUT2D eigenvalue weighted by atomic mass is 32.2. The number of anilines is 2. The third-order valence-electron chi connectivity index (χ3n) is 3.73. The molecule has 2 rings (SSSR count). The van der Waals surface area contributed by atoms with Gasteiger partial charge < -0.3 is 10.2 Å². The van der Waals surface area contributed by atoms with Crippen molar-refractivity contribution in [2.24, 2.45) is 0 Å². The molecule has 0 saturated heterocycles. The standard InChI is InChI=1S/C20H24N2O2S/c1-14-6-5-7-17(9-14)21-19(23)12-25-13-20(24)22(4)18-10-15(2)8-16(3)11-18/h5-11H,12-13H2,1-4H3,(H,21,23). The van der Waals surface area contributed by atoms with Gasteiger partial charge in [-0.2, -0.15) is 0 Å². The van der Waals surface area contributed by atoms with Crippen molar-refractivity contribution in [2.45, 2.75) is 20.8 Å². The Morgan fingerprint density at radius 1 is 0.960 bits per heavy atom. The summed E-state index contributed by atoms with van der Waals surface area (Å²) in [6, 6.07) is 13.7. The van der Waals surface area contributed by atoms with Gasteiger partial charge in [0.25, 0.3) is 0 Å². The van der Waals surface area contributed by atoms with Crippen LogP contribution in [0.15, 0.2) is 42.5 Å². The molecule has 132 valence electrons. The van der Waals surface area contributed by atoms with Gasteiger partial charge in [0.15, 0.2) is 0 Å². The second-order valence-corrected chi connectivity index (χ2v) is 7.19. The fourth-order valence-electron chi connectivity index (χ4n) is 2.54. The van der Waals surface area contributed by atoms with E-state index in [-0.39, 0.29) is 23.3 Å². The van der Waals surface area contributed by atoms with Gasteiger partial charge in [-0.25, -0.2) is 0 Å². The van der Waals surface area contributed by atoms with Gasteiger partial charge in [0, 0.05) is 18.4 Å². The van der Waals surface area contributed by atoms with E-state index in [0.717, 1.165) is 28.1 Å². The summed E-state index contributed by atoms with van der Waals surface area (Å²) in [4.78, 5) is 25.9. The lowest BCUT2D eigenvalue weighted by molar-refractivity contribution is -0.115. The highest BCUT2D eigenvalue weighted by Gasteiger charge is 2.13. The SMILES string of the molecule is Cc1cccc(NC(=O)CSCC(=O)N(C)c2cc(C)cc(C)c2)c1. The largest absolute Gasteiger partial charge is 0.325 e. The molecule has 4 nitrogen and oxygen atoms in total. The molecule has 0 aromatic heterocycles. The van der Waals surface area contributed by atoms with Crippen molar-refractivity contribution in [3.63, 3.8) is 0 Å². The van der Waals surface area contributed by atoms with Crippen LogP contribution in [0.5, 0.6) is 0 Å². The normalized spacial score (nSPS) is 10.4. The van der Waals surface area contributed by atoms with Crippen LogP contribution in [-0.2, 0) is 9.59 Å². The number of nitrogens with one attached hydrogen (secondary N) is 1. The number of carbonyl (C=O) groups excluding carboxylic acids is 2. The molecular formula is C20H24N2O2S. The van der Waals surface area contributed by atoms with Gasteiger partial charge in [-0.15, -0.1) is 11.8 Å². The molecule has 0 fully saturated rings. The fraction of sp³-hybridized carbons (Fsp3) is 0.300. The quantitative estimate of drug-likeness (QED) is 0.853. The molecule has 0 aliphatic rings.